The third-order valence-corrected chi connectivity index (χ3v) is 4.11. The lowest BCUT2D eigenvalue weighted by atomic mass is 10.0. The summed E-state index contributed by atoms with van der Waals surface area (Å²) in [6.45, 7) is 4.09. The molecule has 0 aliphatic rings. The minimum atomic E-state index is -0.725. The monoisotopic (exact) mass is 335 g/mol. The van der Waals surface area contributed by atoms with Gasteiger partial charge in [0.2, 0.25) is 0 Å². The summed E-state index contributed by atoms with van der Waals surface area (Å²) < 4.78 is 1.76. The number of amides is 1. The van der Waals surface area contributed by atoms with E-state index in [1.54, 1.807) is 23.0 Å². The Morgan fingerprint density at radius 1 is 1.16 bits per heavy atom. The Hall–Kier alpha value is -2.92. The number of hydrogen-bond donors (Lipinski definition) is 2. The van der Waals surface area contributed by atoms with Crippen LogP contribution in [0.5, 0.6) is 0 Å². The Balaban J connectivity index is 1.62. The molecule has 3 aromatic rings. The molecule has 0 saturated carbocycles. The molecule has 1 amide bonds. The Labute approximate surface area is 146 Å². The molecule has 3 rings (SSSR count). The normalized spacial score (nSPS) is 12.0. The number of aryl methyl sites for hydroxylation is 2. The van der Waals surface area contributed by atoms with Crippen molar-refractivity contribution in [2.45, 2.75) is 20.0 Å². The van der Waals surface area contributed by atoms with Crippen molar-refractivity contribution >= 4 is 5.91 Å². The summed E-state index contributed by atoms with van der Waals surface area (Å²) >= 11 is 0. The van der Waals surface area contributed by atoms with Gasteiger partial charge in [-0.05, 0) is 54.8 Å². The Kier molecular flexibility index (Phi) is 4.95. The Morgan fingerprint density at radius 3 is 2.52 bits per heavy atom. The maximum absolute atomic E-state index is 12.3. The topological polar surface area (TPSA) is 67.2 Å². The van der Waals surface area contributed by atoms with Crippen LogP contribution in [0.15, 0.2) is 60.9 Å². The second-order valence-corrected chi connectivity index (χ2v) is 6.09. The summed E-state index contributed by atoms with van der Waals surface area (Å²) in [4.78, 5) is 12.3. The molecule has 0 spiro atoms. The van der Waals surface area contributed by atoms with Gasteiger partial charge in [-0.1, -0.05) is 24.3 Å². The van der Waals surface area contributed by atoms with Gasteiger partial charge in [-0.25, -0.2) is 4.68 Å². The molecule has 0 saturated heterocycles. The number of hydrogen-bond acceptors (Lipinski definition) is 3. The molecule has 1 unspecified atom stereocenters. The van der Waals surface area contributed by atoms with Crippen LogP contribution in [0.1, 0.15) is 33.2 Å². The van der Waals surface area contributed by atoms with Gasteiger partial charge in [-0.3, -0.25) is 4.79 Å². The van der Waals surface area contributed by atoms with E-state index in [0.717, 1.165) is 22.4 Å². The summed E-state index contributed by atoms with van der Waals surface area (Å²) in [6.07, 6.45) is 2.98. The molecular weight excluding hydrogens is 314 g/mol. The van der Waals surface area contributed by atoms with Gasteiger partial charge in [-0.2, -0.15) is 5.10 Å². The third kappa shape index (κ3) is 3.95. The van der Waals surface area contributed by atoms with Crippen molar-refractivity contribution in [1.82, 2.24) is 15.1 Å². The highest BCUT2D eigenvalue weighted by Crippen LogP contribution is 2.16. The second kappa shape index (κ2) is 7.32. The lowest BCUT2D eigenvalue weighted by molar-refractivity contribution is 0.0916. The van der Waals surface area contributed by atoms with E-state index in [-0.39, 0.29) is 12.5 Å². The van der Waals surface area contributed by atoms with E-state index in [4.69, 9.17) is 0 Å². The molecule has 1 atom stereocenters. The van der Waals surface area contributed by atoms with Gasteiger partial charge in [0.25, 0.3) is 5.91 Å². The van der Waals surface area contributed by atoms with Crippen LogP contribution in [0.25, 0.3) is 5.69 Å². The van der Waals surface area contributed by atoms with Crippen LogP contribution in [-0.4, -0.2) is 27.3 Å². The molecule has 2 aromatic carbocycles. The predicted molar refractivity (Wildman–Crippen MR) is 96.8 cm³/mol. The molecule has 1 heterocycles. The average Bonchev–Trinajstić information content (AvgIpc) is 3.06. The van der Waals surface area contributed by atoms with Crippen LogP contribution in [0, 0.1) is 13.8 Å². The standard InChI is InChI=1S/C20H21N3O2/c1-14-11-22-23(13-14)17-9-7-16(8-10-17)20(25)21-12-19(24)18-6-4-3-5-15(18)2/h3-11,13,19,24H,12H2,1-2H3,(H,21,25). The number of carbonyl (C=O) groups is 1. The summed E-state index contributed by atoms with van der Waals surface area (Å²) in [5, 5.41) is 17.3. The van der Waals surface area contributed by atoms with Gasteiger partial charge in [-0.15, -0.1) is 0 Å². The summed E-state index contributed by atoms with van der Waals surface area (Å²) in [7, 11) is 0. The van der Waals surface area contributed by atoms with E-state index in [9.17, 15) is 9.90 Å². The van der Waals surface area contributed by atoms with Gasteiger partial charge in [0, 0.05) is 18.3 Å². The minimum absolute atomic E-state index is 0.170. The number of aliphatic hydroxyl groups is 1. The van der Waals surface area contributed by atoms with E-state index in [2.05, 4.69) is 10.4 Å². The fourth-order valence-electron chi connectivity index (χ4n) is 2.68. The number of carbonyl (C=O) groups excluding carboxylic acids is 1. The van der Waals surface area contributed by atoms with Crippen molar-refractivity contribution in [3.8, 4) is 5.69 Å². The summed E-state index contributed by atoms with van der Waals surface area (Å²) in [5.41, 5.74) is 4.34. The zero-order valence-corrected chi connectivity index (χ0v) is 14.3. The highest BCUT2D eigenvalue weighted by atomic mass is 16.3. The van der Waals surface area contributed by atoms with Crippen molar-refractivity contribution in [1.29, 1.82) is 0 Å². The van der Waals surface area contributed by atoms with Gasteiger partial charge in [0.1, 0.15) is 0 Å². The first-order valence-corrected chi connectivity index (χ1v) is 8.18. The Morgan fingerprint density at radius 2 is 1.88 bits per heavy atom. The zero-order chi connectivity index (χ0) is 17.8. The highest BCUT2D eigenvalue weighted by Gasteiger charge is 2.12. The molecule has 128 valence electrons. The molecule has 0 aliphatic heterocycles. The number of rotatable bonds is 5. The molecule has 0 aliphatic carbocycles. The molecule has 5 nitrogen and oxygen atoms in total. The summed E-state index contributed by atoms with van der Waals surface area (Å²) in [6, 6.07) is 14.8. The quantitative estimate of drug-likeness (QED) is 0.753. The maximum atomic E-state index is 12.3. The van der Waals surface area contributed by atoms with Crippen LogP contribution in [0.4, 0.5) is 0 Å². The first-order chi connectivity index (χ1) is 12.0. The fourth-order valence-corrected chi connectivity index (χ4v) is 2.68. The Bertz CT molecular complexity index is 869. The second-order valence-electron chi connectivity index (χ2n) is 6.09. The molecule has 0 fully saturated rings. The van der Waals surface area contributed by atoms with Gasteiger partial charge < -0.3 is 10.4 Å². The predicted octanol–water partition coefficient (Wildman–Crippen LogP) is 2.95. The van der Waals surface area contributed by atoms with Crippen LogP contribution in [0.3, 0.4) is 0 Å². The fraction of sp³-hybridized carbons (Fsp3) is 0.200. The van der Waals surface area contributed by atoms with Crippen LogP contribution < -0.4 is 5.32 Å². The summed E-state index contributed by atoms with van der Waals surface area (Å²) in [5.74, 6) is -0.212. The van der Waals surface area contributed by atoms with E-state index in [1.165, 1.54) is 0 Å². The number of nitrogens with zero attached hydrogens (tertiary/aromatic N) is 2. The lowest BCUT2D eigenvalue weighted by Gasteiger charge is -2.14. The highest BCUT2D eigenvalue weighted by molar-refractivity contribution is 5.94. The van der Waals surface area contributed by atoms with Crippen LogP contribution >= 0.6 is 0 Å². The minimum Gasteiger partial charge on any atom is -0.387 e. The number of benzene rings is 2. The average molecular weight is 335 g/mol. The first-order valence-electron chi connectivity index (χ1n) is 8.18. The van der Waals surface area contributed by atoms with Crippen molar-refractivity contribution in [2.75, 3.05) is 6.54 Å². The number of aromatic nitrogens is 2. The number of aliphatic hydroxyl groups excluding tert-OH is 1. The first kappa shape index (κ1) is 16.9. The van der Waals surface area contributed by atoms with Gasteiger partial charge in [0.15, 0.2) is 0 Å². The van der Waals surface area contributed by atoms with Crippen LogP contribution in [0.2, 0.25) is 0 Å². The molecule has 2 N–H and O–H groups in total. The van der Waals surface area contributed by atoms with E-state index in [0.29, 0.717) is 5.56 Å². The van der Waals surface area contributed by atoms with Crippen molar-refractivity contribution < 1.29 is 9.90 Å². The molecule has 25 heavy (non-hydrogen) atoms. The van der Waals surface area contributed by atoms with E-state index >= 15 is 0 Å². The molecule has 0 bridgehead atoms. The van der Waals surface area contributed by atoms with Crippen LogP contribution in [-0.2, 0) is 0 Å². The SMILES string of the molecule is Cc1cnn(-c2ccc(C(=O)NCC(O)c3ccccc3C)cc2)c1. The zero-order valence-electron chi connectivity index (χ0n) is 14.3. The third-order valence-electron chi connectivity index (χ3n) is 4.11. The largest absolute Gasteiger partial charge is 0.387 e. The molecule has 1 aromatic heterocycles. The smallest absolute Gasteiger partial charge is 0.251 e. The molecule has 5 heteroatoms. The van der Waals surface area contributed by atoms with Crippen molar-refractivity contribution in [2.24, 2.45) is 0 Å². The van der Waals surface area contributed by atoms with Gasteiger partial charge >= 0.3 is 0 Å². The molecule has 0 radical (unpaired) electrons. The van der Waals surface area contributed by atoms with Crippen molar-refractivity contribution in [3.63, 3.8) is 0 Å². The maximum Gasteiger partial charge on any atom is 0.251 e. The number of nitrogens with one attached hydrogen (secondary N) is 1. The van der Waals surface area contributed by atoms with E-state index < -0.39 is 6.10 Å². The lowest BCUT2D eigenvalue weighted by Crippen LogP contribution is -2.28. The van der Waals surface area contributed by atoms with Crippen molar-refractivity contribution in [3.05, 3.63) is 83.2 Å². The molecular formula is C20H21N3O2. The van der Waals surface area contributed by atoms with E-state index in [1.807, 2.05) is 56.4 Å². The van der Waals surface area contributed by atoms with Gasteiger partial charge in [0.05, 0.1) is 18.0 Å².